The number of nitrogens with one attached hydrogen (secondary N) is 1. The van der Waals surface area contributed by atoms with Gasteiger partial charge in [-0.05, 0) is 6.42 Å². The van der Waals surface area contributed by atoms with Gasteiger partial charge in [-0.25, -0.2) is 4.98 Å². The van der Waals surface area contributed by atoms with Crippen molar-refractivity contribution in [3.63, 3.8) is 0 Å². The molecule has 2 heterocycles. The summed E-state index contributed by atoms with van der Waals surface area (Å²) in [5, 5.41) is 14.7. The van der Waals surface area contributed by atoms with E-state index in [9.17, 15) is 4.79 Å². The number of amides is 1. The van der Waals surface area contributed by atoms with Gasteiger partial charge in [-0.3, -0.25) is 4.79 Å². The number of aromatic nitrogens is 3. The van der Waals surface area contributed by atoms with Crippen LogP contribution in [0.4, 0.5) is 5.13 Å². The molecule has 0 aliphatic rings. The Balaban J connectivity index is 1.92. The van der Waals surface area contributed by atoms with Crippen molar-refractivity contribution < 1.29 is 4.79 Å². The summed E-state index contributed by atoms with van der Waals surface area (Å²) in [6.07, 6.45) is 1.05. The summed E-state index contributed by atoms with van der Waals surface area (Å²) < 4.78 is 0. The summed E-state index contributed by atoms with van der Waals surface area (Å²) >= 11 is 2.85. The molecule has 96 valence electrons. The van der Waals surface area contributed by atoms with Gasteiger partial charge >= 0.3 is 0 Å². The molecule has 0 radical (unpaired) electrons. The van der Waals surface area contributed by atoms with Crippen LogP contribution in [0.1, 0.15) is 22.6 Å². The van der Waals surface area contributed by atoms with Gasteiger partial charge in [0, 0.05) is 11.9 Å². The van der Waals surface area contributed by atoms with Crippen LogP contribution in [-0.2, 0) is 24.2 Å². The Morgan fingerprint density at radius 3 is 2.89 bits per heavy atom. The van der Waals surface area contributed by atoms with Crippen LogP contribution in [0, 0.1) is 0 Å². The summed E-state index contributed by atoms with van der Waals surface area (Å²) in [5.41, 5.74) is 6.20. The smallest absolute Gasteiger partial charge is 0.232 e. The number of rotatable bonds is 5. The maximum Gasteiger partial charge on any atom is 0.232 e. The van der Waals surface area contributed by atoms with Gasteiger partial charge in [-0.1, -0.05) is 18.3 Å². The molecular weight excluding hydrogens is 270 g/mol. The van der Waals surface area contributed by atoms with Crippen molar-refractivity contribution in [2.24, 2.45) is 5.73 Å². The molecule has 1 amide bonds. The fourth-order valence-corrected chi connectivity index (χ4v) is 2.67. The molecule has 0 saturated heterocycles. The molecule has 0 aliphatic carbocycles. The first-order valence-electron chi connectivity index (χ1n) is 5.46. The van der Waals surface area contributed by atoms with Gasteiger partial charge < -0.3 is 11.1 Å². The van der Waals surface area contributed by atoms with E-state index in [1.54, 1.807) is 0 Å². The van der Waals surface area contributed by atoms with Crippen molar-refractivity contribution in [3.8, 4) is 0 Å². The summed E-state index contributed by atoms with van der Waals surface area (Å²) in [4.78, 5) is 16.0. The van der Waals surface area contributed by atoms with Gasteiger partial charge in [-0.15, -0.1) is 21.5 Å². The van der Waals surface area contributed by atoms with Crippen molar-refractivity contribution in [2.75, 3.05) is 5.32 Å². The monoisotopic (exact) mass is 283 g/mol. The van der Waals surface area contributed by atoms with Crippen LogP contribution in [0.15, 0.2) is 5.38 Å². The fraction of sp³-hybridized carbons (Fsp3) is 0.400. The quantitative estimate of drug-likeness (QED) is 0.860. The SMILES string of the molecule is CCc1nnc(NC(=O)Cc2csc(CN)n2)s1. The number of nitrogens with zero attached hydrogens (tertiary/aromatic N) is 3. The van der Waals surface area contributed by atoms with Crippen LogP contribution in [0.25, 0.3) is 0 Å². The van der Waals surface area contributed by atoms with E-state index in [4.69, 9.17) is 5.73 Å². The Kier molecular flexibility index (Phi) is 4.34. The number of anilines is 1. The molecule has 2 aromatic heterocycles. The third kappa shape index (κ3) is 3.31. The average Bonchev–Trinajstić information content (AvgIpc) is 2.98. The lowest BCUT2D eigenvalue weighted by molar-refractivity contribution is -0.115. The molecule has 0 unspecified atom stereocenters. The molecular formula is C10H13N5OS2. The van der Waals surface area contributed by atoms with Crippen molar-refractivity contribution in [1.29, 1.82) is 0 Å². The molecule has 0 spiro atoms. The molecule has 8 heteroatoms. The zero-order valence-corrected chi connectivity index (χ0v) is 11.5. The lowest BCUT2D eigenvalue weighted by Gasteiger charge is -1.97. The molecule has 18 heavy (non-hydrogen) atoms. The molecule has 0 aromatic carbocycles. The average molecular weight is 283 g/mol. The van der Waals surface area contributed by atoms with E-state index in [1.807, 2.05) is 12.3 Å². The van der Waals surface area contributed by atoms with Crippen LogP contribution < -0.4 is 11.1 Å². The minimum absolute atomic E-state index is 0.136. The maximum atomic E-state index is 11.7. The first kappa shape index (κ1) is 13.1. The number of hydrogen-bond acceptors (Lipinski definition) is 7. The largest absolute Gasteiger partial charge is 0.325 e. The van der Waals surface area contributed by atoms with E-state index in [-0.39, 0.29) is 12.3 Å². The number of carbonyl (C=O) groups excluding carboxylic acids is 1. The minimum atomic E-state index is -0.136. The van der Waals surface area contributed by atoms with Crippen LogP contribution in [0.3, 0.4) is 0 Å². The van der Waals surface area contributed by atoms with Crippen molar-refractivity contribution in [2.45, 2.75) is 26.3 Å². The van der Waals surface area contributed by atoms with Crippen molar-refractivity contribution in [1.82, 2.24) is 15.2 Å². The number of thiazole rings is 1. The molecule has 3 N–H and O–H groups in total. The molecule has 2 rings (SSSR count). The Hall–Kier alpha value is -1.38. The van der Waals surface area contributed by atoms with Crippen LogP contribution in [0.2, 0.25) is 0 Å². The third-order valence-corrected chi connectivity index (χ3v) is 4.03. The third-order valence-electron chi connectivity index (χ3n) is 2.13. The van der Waals surface area contributed by atoms with E-state index >= 15 is 0 Å². The summed E-state index contributed by atoms with van der Waals surface area (Å²) in [5.74, 6) is -0.136. The predicted octanol–water partition coefficient (Wildman–Crippen LogP) is 1.20. The van der Waals surface area contributed by atoms with Gasteiger partial charge in [0.25, 0.3) is 0 Å². The zero-order valence-electron chi connectivity index (χ0n) is 9.84. The highest BCUT2D eigenvalue weighted by Gasteiger charge is 2.10. The summed E-state index contributed by atoms with van der Waals surface area (Å²) in [6.45, 7) is 2.40. The van der Waals surface area contributed by atoms with E-state index in [0.29, 0.717) is 11.7 Å². The number of hydrogen-bond donors (Lipinski definition) is 2. The number of carbonyl (C=O) groups is 1. The number of aryl methyl sites for hydroxylation is 1. The Morgan fingerprint density at radius 2 is 2.28 bits per heavy atom. The van der Waals surface area contributed by atoms with Gasteiger partial charge in [0.1, 0.15) is 10.0 Å². The molecule has 0 bridgehead atoms. The first-order chi connectivity index (χ1) is 8.71. The van der Waals surface area contributed by atoms with E-state index in [2.05, 4.69) is 20.5 Å². The van der Waals surface area contributed by atoms with Gasteiger partial charge in [0.05, 0.1) is 12.1 Å². The predicted molar refractivity (Wildman–Crippen MR) is 71.6 cm³/mol. The molecule has 0 aliphatic heterocycles. The molecule has 0 atom stereocenters. The second kappa shape index (κ2) is 5.98. The van der Waals surface area contributed by atoms with Gasteiger partial charge in [0.15, 0.2) is 0 Å². The fourth-order valence-electron chi connectivity index (χ4n) is 1.30. The second-order valence-corrected chi connectivity index (χ2v) is 5.52. The number of nitrogens with two attached hydrogens (primary N) is 1. The normalized spacial score (nSPS) is 10.6. The van der Waals surface area contributed by atoms with Crippen LogP contribution in [-0.4, -0.2) is 21.1 Å². The van der Waals surface area contributed by atoms with Crippen LogP contribution >= 0.6 is 22.7 Å². The molecule has 2 aromatic rings. The molecule has 0 fully saturated rings. The maximum absolute atomic E-state index is 11.7. The summed E-state index contributed by atoms with van der Waals surface area (Å²) in [6, 6.07) is 0. The lowest BCUT2D eigenvalue weighted by atomic mass is 10.3. The topological polar surface area (TPSA) is 93.8 Å². The highest BCUT2D eigenvalue weighted by Crippen LogP contribution is 2.16. The Bertz CT molecular complexity index is 490. The van der Waals surface area contributed by atoms with E-state index in [0.717, 1.165) is 22.1 Å². The van der Waals surface area contributed by atoms with Crippen molar-refractivity contribution >= 4 is 33.7 Å². The Morgan fingerprint density at radius 1 is 1.44 bits per heavy atom. The van der Waals surface area contributed by atoms with Gasteiger partial charge in [0.2, 0.25) is 11.0 Å². The van der Waals surface area contributed by atoms with Crippen LogP contribution in [0.5, 0.6) is 0 Å². The highest BCUT2D eigenvalue weighted by atomic mass is 32.1. The lowest BCUT2D eigenvalue weighted by Crippen LogP contribution is -2.14. The molecule has 6 nitrogen and oxygen atoms in total. The molecule has 0 saturated carbocycles. The Labute approximate surface area is 112 Å². The van der Waals surface area contributed by atoms with Gasteiger partial charge in [-0.2, -0.15) is 0 Å². The summed E-state index contributed by atoms with van der Waals surface area (Å²) in [7, 11) is 0. The standard InChI is InChI=1S/C10H13N5OS2/c1-2-8-14-15-10(18-8)13-7(16)3-6-5-17-9(4-11)12-6/h5H,2-4,11H2,1H3,(H,13,15,16). The van der Waals surface area contributed by atoms with Crippen molar-refractivity contribution in [3.05, 3.63) is 21.1 Å². The zero-order chi connectivity index (χ0) is 13.0. The second-order valence-electron chi connectivity index (χ2n) is 3.52. The highest BCUT2D eigenvalue weighted by molar-refractivity contribution is 7.15. The van der Waals surface area contributed by atoms with E-state index in [1.165, 1.54) is 22.7 Å². The first-order valence-corrected chi connectivity index (χ1v) is 7.16. The minimum Gasteiger partial charge on any atom is -0.325 e. The van der Waals surface area contributed by atoms with E-state index < -0.39 is 0 Å².